The van der Waals surface area contributed by atoms with Gasteiger partial charge in [0.05, 0.1) is 25.4 Å². The van der Waals surface area contributed by atoms with Gasteiger partial charge in [0.1, 0.15) is 5.69 Å². The maximum absolute atomic E-state index is 14.4. The van der Waals surface area contributed by atoms with Crippen LogP contribution in [0.2, 0.25) is 0 Å². The SMILES string of the molecule is C[C@H](CO)N1C[C@H](C)[C@H](CN(C)C(=O)c2ccccc2)OCc2ccccc2-c2c(n(C)c3ccccc23)C1=O. The van der Waals surface area contributed by atoms with Crippen LogP contribution in [0.5, 0.6) is 0 Å². The van der Waals surface area contributed by atoms with Gasteiger partial charge in [0.25, 0.3) is 11.8 Å². The zero-order valence-corrected chi connectivity index (χ0v) is 23.6. The van der Waals surface area contributed by atoms with Crippen molar-refractivity contribution in [2.24, 2.45) is 13.0 Å². The average molecular weight is 540 g/mol. The summed E-state index contributed by atoms with van der Waals surface area (Å²) >= 11 is 0. The number of likely N-dealkylation sites (N-methyl/N-ethyl adjacent to an activating group) is 1. The van der Waals surface area contributed by atoms with Crippen LogP contribution >= 0.6 is 0 Å². The summed E-state index contributed by atoms with van der Waals surface area (Å²) in [5.74, 6) is -0.333. The molecule has 3 atom stereocenters. The molecule has 0 saturated carbocycles. The van der Waals surface area contributed by atoms with Gasteiger partial charge in [-0.25, -0.2) is 0 Å². The van der Waals surface area contributed by atoms with E-state index in [1.165, 1.54) is 0 Å². The second kappa shape index (κ2) is 11.7. The fourth-order valence-electron chi connectivity index (χ4n) is 5.68. The Morgan fingerprint density at radius 2 is 1.73 bits per heavy atom. The number of carbonyl (C=O) groups is 2. The first kappa shape index (κ1) is 27.6. The Morgan fingerprint density at radius 3 is 2.48 bits per heavy atom. The molecule has 1 aromatic heterocycles. The van der Waals surface area contributed by atoms with E-state index in [4.69, 9.17) is 4.74 Å². The number of hydrogen-bond acceptors (Lipinski definition) is 4. The molecule has 5 rings (SSSR count). The Bertz CT molecular complexity index is 1510. The molecule has 0 aliphatic carbocycles. The van der Waals surface area contributed by atoms with Crippen LogP contribution < -0.4 is 0 Å². The first-order valence-corrected chi connectivity index (χ1v) is 13.8. The number of fused-ring (bicyclic) bond motifs is 5. The number of rotatable bonds is 5. The summed E-state index contributed by atoms with van der Waals surface area (Å²) in [6.07, 6.45) is -0.343. The van der Waals surface area contributed by atoms with Crippen LogP contribution in [0.3, 0.4) is 0 Å². The lowest BCUT2D eigenvalue weighted by atomic mass is 9.96. The molecule has 2 amide bonds. The average Bonchev–Trinajstić information content (AvgIpc) is 3.28. The molecule has 2 heterocycles. The Hall–Kier alpha value is -3.94. The van der Waals surface area contributed by atoms with Crippen LogP contribution in [0.4, 0.5) is 0 Å². The van der Waals surface area contributed by atoms with Crippen LogP contribution in [-0.4, -0.2) is 70.2 Å². The molecule has 0 spiro atoms. The summed E-state index contributed by atoms with van der Waals surface area (Å²) in [4.78, 5) is 31.0. The first-order chi connectivity index (χ1) is 19.3. The maximum atomic E-state index is 14.4. The number of ether oxygens (including phenoxy) is 1. The fourth-order valence-corrected chi connectivity index (χ4v) is 5.68. The molecule has 208 valence electrons. The summed E-state index contributed by atoms with van der Waals surface area (Å²) < 4.78 is 8.57. The molecule has 40 heavy (non-hydrogen) atoms. The van der Waals surface area contributed by atoms with Crippen molar-refractivity contribution < 1.29 is 19.4 Å². The molecule has 0 radical (unpaired) electrons. The quantitative estimate of drug-likeness (QED) is 0.388. The highest BCUT2D eigenvalue weighted by atomic mass is 16.5. The fraction of sp³-hybridized carbons (Fsp3) is 0.333. The highest BCUT2D eigenvalue weighted by Crippen LogP contribution is 2.38. The topological polar surface area (TPSA) is 75.0 Å². The van der Waals surface area contributed by atoms with E-state index in [-0.39, 0.29) is 30.4 Å². The number of amides is 2. The van der Waals surface area contributed by atoms with E-state index in [9.17, 15) is 14.7 Å². The summed E-state index contributed by atoms with van der Waals surface area (Å²) in [6, 6.07) is 24.9. The molecule has 0 saturated heterocycles. The van der Waals surface area contributed by atoms with Crippen molar-refractivity contribution in [3.05, 3.63) is 95.7 Å². The third-order valence-corrected chi connectivity index (χ3v) is 8.05. The molecule has 1 N–H and O–H groups in total. The molecule has 0 bridgehead atoms. The molecule has 0 fully saturated rings. The van der Waals surface area contributed by atoms with Gasteiger partial charge >= 0.3 is 0 Å². The van der Waals surface area contributed by atoms with Gasteiger partial charge in [0.15, 0.2) is 0 Å². The van der Waals surface area contributed by atoms with Gasteiger partial charge in [-0.05, 0) is 36.2 Å². The molecule has 7 nitrogen and oxygen atoms in total. The standard InChI is InChI=1S/C33H37N3O4/c1-22-18-36(23(2)20-37)33(39)31-30(27-16-10-11-17-28(27)35(31)4)26-15-9-8-14-25(26)21-40-29(22)19-34(3)32(38)24-12-6-5-7-13-24/h5-17,22-23,29,37H,18-21H2,1-4H3/t22-,23+,29-/m0/s1. The van der Waals surface area contributed by atoms with E-state index < -0.39 is 6.04 Å². The van der Waals surface area contributed by atoms with Gasteiger partial charge in [-0.3, -0.25) is 9.59 Å². The van der Waals surface area contributed by atoms with Crippen molar-refractivity contribution in [2.45, 2.75) is 32.6 Å². The van der Waals surface area contributed by atoms with Gasteiger partial charge in [-0.15, -0.1) is 0 Å². The van der Waals surface area contributed by atoms with Gasteiger partial charge in [0.2, 0.25) is 0 Å². The largest absolute Gasteiger partial charge is 0.394 e. The molecular formula is C33H37N3O4. The number of aromatic nitrogens is 1. The lowest BCUT2D eigenvalue weighted by Crippen LogP contribution is -2.48. The number of nitrogens with zero attached hydrogens (tertiary/aromatic N) is 3. The van der Waals surface area contributed by atoms with Crippen LogP contribution in [0.1, 0.15) is 40.3 Å². The molecule has 1 aliphatic heterocycles. The lowest BCUT2D eigenvalue weighted by Gasteiger charge is -2.35. The van der Waals surface area contributed by atoms with E-state index >= 15 is 0 Å². The second-order valence-corrected chi connectivity index (χ2v) is 10.8. The van der Waals surface area contributed by atoms with Crippen LogP contribution in [0, 0.1) is 5.92 Å². The van der Waals surface area contributed by atoms with Crippen molar-refractivity contribution in [1.82, 2.24) is 14.4 Å². The monoisotopic (exact) mass is 539 g/mol. The van der Waals surface area contributed by atoms with Gasteiger partial charge in [-0.2, -0.15) is 0 Å². The minimum atomic E-state index is -0.402. The van der Waals surface area contributed by atoms with Crippen molar-refractivity contribution in [2.75, 3.05) is 26.7 Å². The Morgan fingerprint density at radius 1 is 1.05 bits per heavy atom. The van der Waals surface area contributed by atoms with Gasteiger partial charge in [0, 0.05) is 55.1 Å². The highest BCUT2D eigenvalue weighted by molar-refractivity contribution is 6.10. The van der Waals surface area contributed by atoms with E-state index in [0.717, 1.165) is 27.6 Å². The van der Waals surface area contributed by atoms with Crippen molar-refractivity contribution in [1.29, 1.82) is 0 Å². The maximum Gasteiger partial charge on any atom is 0.271 e. The van der Waals surface area contributed by atoms with E-state index in [0.29, 0.717) is 31.0 Å². The van der Waals surface area contributed by atoms with Crippen LogP contribution in [-0.2, 0) is 18.4 Å². The smallest absolute Gasteiger partial charge is 0.271 e. The normalized spacial score (nSPS) is 18.5. The molecule has 3 aromatic carbocycles. The van der Waals surface area contributed by atoms with Crippen LogP contribution in [0.15, 0.2) is 78.9 Å². The number of aliphatic hydroxyl groups excluding tert-OH is 1. The molecular weight excluding hydrogens is 502 g/mol. The van der Waals surface area contributed by atoms with Gasteiger partial charge < -0.3 is 24.2 Å². The predicted octanol–water partition coefficient (Wildman–Crippen LogP) is 4.98. The van der Waals surface area contributed by atoms with E-state index in [1.807, 2.05) is 104 Å². The summed E-state index contributed by atoms with van der Waals surface area (Å²) in [5, 5.41) is 11.2. The third-order valence-electron chi connectivity index (χ3n) is 8.05. The Balaban J connectivity index is 1.60. The first-order valence-electron chi connectivity index (χ1n) is 13.8. The number of carbonyl (C=O) groups excluding carboxylic acids is 2. The van der Waals surface area contributed by atoms with Crippen molar-refractivity contribution in [3.8, 4) is 11.1 Å². The molecule has 0 unspecified atom stereocenters. The number of para-hydroxylation sites is 1. The summed E-state index contributed by atoms with van der Waals surface area (Å²) in [5.41, 5.74) is 4.98. The third kappa shape index (κ3) is 5.15. The minimum absolute atomic E-state index is 0.0818. The summed E-state index contributed by atoms with van der Waals surface area (Å²) in [6.45, 7) is 4.82. The van der Waals surface area contributed by atoms with Crippen molar-refractivity contribution >= 4 is 22.7 Å². The lowest BCUT2D eigenvalue weighted by molar-refractivity contribution is -0.0210. The molecule has 7 heteroatoms. The number of hydrogen-bond donors (Lipinski definition) is 1. The van der Waals surface area contributed by atoms with Crippen LogP contribution in [0.25, 0.3) is 22.0 Å². The predicted molar refractivity (Wildman–Crippen MR) is 157 cm³/mol. The molecule has 4 aromatic rings. The van der Waals surface area contributed by atoms with E-state index in [2.05, 4.69) is 0 Å². The zero-order valence-electron chi connectivity index (χ0n) is 23.6. The highest BCUT2D eigenvalue weighted by Gasteiger charge is 2.34. The second-order valence-electron chi connectivity index (χ2n) is 10.8. The number of benzene rings is 3. The number of aryl methyl sites for hydroxylation is 1. The van der Waals surface area contributed by atoms with E-state index in [1.54, 1.807) is 16.8 Å². The zero-order chi connectivity index (χ0) is 28.4. The minimum Gasteiger partial charge on any atom is -0.394 e. The van der Waals surface area contributed by atoms with Gasteiger partial charge in [-0.1, -0.05) is 67.6 Å². The molecule has 1 aliphatic rings. The Kier molecular flexibility index (Phi) is 8.05. The summed E-state index contributed by atoms with van der Waals surface area (Å²) in [7, 11) is 3.71. The Labute approximate surface area is 235 Å². The van der Waals surface area contributed by atoms with Crippen molar-refractivity contribution in [3.63, 3.8) is 0 Å². The number of aliphatic hydroxyl groups is 1.